The van der Waals surface area contributed by atoms with Crippen molar-refractivity contribution >= 4 is 28.1 Å². The van der Waals surface area contributed by atoms with E-state index in [1.54, 1.807) is 6.07 Å². The van der Waals surface area contributed by atoms with Gasteiger partial charge in [-0.15, -0.1) is 11.3 Å². The van der Waals surface area contributed by atoms with E-state index in [2.05, 4.69) is 10.3 Å². The molecule has 1 N–H and O–H groups in total. The molecule has 0 saturated heterocycles. The molecule has 0 aliphatic rings. The lowest BCUT2D eigenvalue weighted by molar-refractivity contribution is -0.385. The predicted octanol–water partition coefficient (Wildman–Crippen LogP) is 4.13. The molecule has 0 bridgehead atoms. The number of ether oxygens (including phenoxy) is 2. The van der Waals surface area contributed by atoms with Crippen molar-refractivity contribution in [2.45, 2.75) is 6.92 Å². The van der Waals surface area contributed by atoms with E-state index < -0.39 is 10.8 Å². The van der Waals surface area contributed by atoms with Gasteiger partial charge < -0.3 is 9.47 Å². The normalized spacial score (nSPS) is 10.3. The van der Waals surface area contributed by atoms with Crippen molar-refractivity contribution in [3.8, 4) is 22.8 Å². The second kappa shape index (κ2) is 8.96. The Hall–Kier alpha value is -3.46. The molecule has 8 nitrogen and oxygen atoms in total. The van der Waals surface area contributed by atoms with Crippen molar-refractivity contribution < 1.29 is 19.2 Å². The second-order valence-corrected chi connectivity index (χ2v) is 6.42. The van der Waals surface area contributed by atoms with Crippen LogP contribution in [0.15, 0.2) is 53.9 Å². The number of nitrogens with one attached hydrogen (secondary N) is 1. The van der Waals surface area contributed by atoms with Crippen LogP contribution < -0.4 is 14.8 Å². The van der Waals surface area contributed by atoms with Gasteiger partial charge in [0.15, 0.2) is 17.5 Å². The molecule has 3 rings (SSSR count). The quantitative estimate of drug-likeness (QED) is 0.451. The minimum Gasteiger partial charge on any atom is -0.494 e. The third kappa shape index (κ3) is 4.83. The van der Waals surface area contributed by atoms with Crippen molar-refractivity contribution in [3.63, 3.8) is 0 Å². The van der Waals surface area contributed by atoms with Crippen LogP contribution in [-0.4, -0.2) is 29.0 Å². The molecule has 3 aromatic rings. The molecule has 2 aromatic carbocycles. The fourth-order valence-electron chi connectivity index (χ4n) is 2.38. The van der Waals surface area contributed by atoms with Gasteiger partial charge in [-0.2, -0.15) is 0 Å². The van der Waals surface area contributed by atoms with Crippen molar-refractivity contribution in [1.29, 1.82) is 0 Å². The maximum absolute atomic E-state index is 12.1. The van der Waals surface area contributed by atoms with Crippen LogP contribution in [0.25, 0.3) is 11.3 Å². The summed E-state index contributed by atoms with van der Waals surface area (Å²) in [6.45, 7) is 2.16. The first-order valence-corrected chi connectivity index (χ1v) is 9.29. The molecule has 0 saturated carbocycles. The molecule has 0 unspecified atom stereocenters. The van der Waals surface area contributed by atoms with Crippen LogP contribution in [0.2, 0.25) is 0 Å². The fraction of sp³-hybridized carbons (Fsp3) is 0.158. The van der Waals surface area contributed by atoms with Gasteiger partial charge in [0.2, 0.25) is 0 Å². The topological polar surface area (TPSA) is 104 Å². The first-order chi connectivity index (χ1) is 13.6. The highest BCUT2D eigenvalue weighted by molar-refractivity contribution is 7.14. The van der Waals surface area contributed by atoms with E-state index in [0.29, 0.717) is 11.7 Å². The van der Waals surface area contributed by atoms with Crippen LogP contribution >= 0.6 is 11.3 Å². The van der Waals surface area contributed by atoms with Gasteiger partial charge >= 0.3 is 5.69 Å². The molecule has 0 spiro atoms. The number of nitro groups is 1. The molecular formula is C19H17N3O5S. The summed E-state index contributed by atoms with van der Waals surface area (Å²) in [5.74, 6) is 0.366. The van der Waals surface area contributed by atoms with Crippen LogP contribution in [-0.2, 0) is 4.79 Å². The summed E-state index contributed by atoms with van der Waals surface area (Å²) in [6.07, 6.45) is 0. The number of nitro benzene ring substituents is 1. The first kappa shape index (κ1) is 19.3. The summed E-state index contributed by atoms with van der Waals surface area (Å²) in [4.78, 5) is 26.9. The van der Waals surface area contributed by atoms with Crippen molar-refractivity contribution in [2.75, 3.05) is 18.5 Å². The number of thiazole rings is 1. The lowest BCUT2D eigenvalue weighted by atomic mass is 10.2. The van der Waals surface area contributed by atoms with E-state index in [1.807, 2.05) is 36.6 Å². The molecule has 0 aliphatic carbocycles. The summed E-state index contributed by atoms with van der Waals surface area (Å²) in [7, 11) is 0. The Kier molecular flexibility index (Phi) is 6.18. The molecule has 28 heavy (non-hydrogen) atoms. The zero-order valence-corrected chi connectivity index (χ0v) is 15.8. The van der Waals surface area contributed by atoms with E-state index in [0.717, 1.165) is 17.0 Å². The third-order valence-corrected chi connectivity index (χ3v) is 4.39. The number of carbonyl (C=O) groups is 1. The Bertz CT molecular complexity index is 972. The Morgan fingerprint density at radius 3 is 2.64 bits per heavy atom. The number of benzene rings is 2. The standard InChI is InChI=1S/C19H17N3O5S/c1-2-26-14-9-7-13(8-10-14)15-12-28-19(20-15)21-18(23)11-27-17-6-4-3-5-16(17)22(24)25/h3-10,12H,2,11H2,1H3,(H,20,21,23). The summed E-state index contributed by atoms with van der Waals surface area (Å²) < 4.78 is 10.7. The van der Waals surface area contributed by atoms with Gasteiger partial charge in [0, 0.05) is 17.0 Å². The fourth-order valence-corrected chi connectivity index (χ4v) is 3.12. The molecule has 0 atom stereocenters. The summed E-state index contributed by atoms with van der Waals surface area (Å²) in [5, 5.41) is 15.8. The van der Waals surface area contributed by atoms with Crippen molar-refractivity contribution in [2.24, 2.45) is 0 Å². The van der Waals surface area contributed by atoms with E-state index in [4.69, 9.17) is 9.47 Å². The minimum absolute atomic E-state index is 0.0388. The van der Waals surface area contributed by atoms with Crippen LogP contribution in [0.5, 0.6) is 11.5 Å². The lowest BCUT2D eigenvalue weighted by Gasteiger charge is -2.06. The van der Waals surface area contributed by atoms with E-state index in [1.165, 1.54) is 29.5 Å². The number of hydrogen-bond acceptors (Lipinski definition) is 7. The van der Waals surface area contributed by atoms with Crippen LogP contribution in [0, 0.1) is 10.1 Å². The smallest absolute Gasteiger partial charge is 0.310 e. The van der Waals surface area contributed by atoms with Gasteiger partial charge in [0.25, 0.3) is 5.91 Å². The number of carbonyl (C=O) groups excluding carboxylic acids is 1. The summed E-state index contributed by atoms with van der Waals surface area (Å²) in [5.41, 5.74) is 1.43. The Morgan fingerprint density at radius 2 is 1.93 bits per heavy atom. The SMILES string of the molecule is CCOc1ccc(-c2csc(NC(=O)COc3ccccc3[N+](=O)[O-])n2)cc1. The molecule has 1 heterocycles. The summed E-state index contributed by atoms with van der Waals surface area (Å²) >= 11 is 1.28. The number of hydrogen-bond donors (Lipinski definition) is 1. The van der Waals surface area contributed by atoms with Gasteiger partial charge in [-0.05, 0) is 37.3 Å². The Balaban J connectivity index is 1.59. The molecule has 0 aliphatic heterocycles. The molecule has 0 radical (unpaired) electrons. The minimum atomic E-state index is -0.558. The highest BCUT2D eigenvalue weighted by Crippen LogP contribution is 2.27. The van der Waals surface area contributed by atoms with Crippen LogP contribution in [0.3, 0.4) is 0 Å². The van der Waals surface area contributed by atoms with Gasteiger partial charge in [0.05, 0.1) is 17.2 Å². The number of amides is 1. The van der Waals surface area contributed by atoms with Crippen molar-refractivity contribution in [3.05, 3.63) is 64.0 Å². The second-order valence-electron chi connectivity index (χ2n) is 5.56. The highest BCUT2D eigenvalue weighted by atomic mass is 32.1. The maximum Gasteiger partial charge on any atom is 0.310 e. The molecule has 144 valence electrons. The first-order valence-electron chi connectivity index (χ1n) is 8.41. The average molecular weight is 399 g/mol. The highest BCUT2D eigenvalue weighted by Gasteiger charge is 2.15. The van der Waals surface area contributed by atoms with Crippen molar-refractivity contribution in [1.82, 2.24) is 4.98 Å². The Morgan fingerprint density at radius 1 is 1.18 bits per heavy atom. The average Bonchev–Trinajstić information content (AvgIpc) is 3.16. The third-order valence-electron chi connectivity index (χ3n) is 3.63. The van der Waals surface area contributed by atoms with E-state index in [-0.39, 0.29) is 18.0 Å². The molecule has 0 fully saturated rings. The van der Waals surface area contributed by atoms with Crippen LogP contribution in [0.4, 0.5) is 10.8 Å². The molecule has 9 heteroatoms. The van der Waals surface area contributed by atoms with Gasteiger partial charge in [0.1, 0.15) is 5.75 Å². The van der Waals surface area contributed by atoms with Gasteiger partial charge in [-0.1, -0.05) is 12.1 Å². The van der Waals surface area contributed by atoms with Gasteiger partial charge in [-0.3, -0.25) is 20.2 Å². The number of aromatic nitrogens is 1. The molecular weight excluding hydrogens is 382 g/mol. The monoisotopic (exact) mass is 399 g/mol. The zero-order chi connectivity index (χ0) is 19.9. The lowest BCUT2D eigenvalue weighted by Crippen LogP contribution is -2.20. The predicted molar refractivity (Wildman–Crippen MR) is 106 cm³/mol. The largest absolute Gasteiger partial charge is 0.494 e. The summed E-state index contributed by atoms with van der Waals surface area (Å²) in [6, 6.07) is 13.4. The zero-order valence-electron chi connectivity index (χ0n) is 15.0. The maximum atomic E-state index is 12.1. The number of anilines is 1. The Labute approximate surface area is 164 Å². The molecule has 1 amide bonds. The van der Waals surface area contributed by atoms with Crippen LogP contribution in [0.1, 0.15) is 6.92 Å². The van der Waals surface area contributed by atoms with E-state index >= 15 is 0 Å². The van der Waals surface area contributed by atoms with Gasteiger partial charge in [-0.25, -0.2) is 4.98 Å². The number of para-hydroxylation sites is 2. The molecule has 1 aromatic heterocycles. The number of rotatable bonds is 8. The number of nitrogens with zero attached hydrogens (tertiary/aromatic N) is 2. The van der Waals surface area contributed by atoms with E-state index in [9.17, 15) is 14.9 Å².